The second kappa shape index (κ2) is 3.95. The Morgan fingerprint density at radius 1 is 1.40 bits per heavy atom. The van der Waals surface area contributed by atoms with Gasteiger partial charge in [0.25, 0.3) is 0 Å². The molecule has 0 amide bonds. The van der Waals surface area contributed by atoms with Crippen molar-refractivity contribution < 1.29 is 4.39 Å². The van der Waals surface area contributed by atoms with Crippen molar-refractivity contribution in [3.05, 3.63) is 47.9 Å². The molecule has 0 aliphatic heterocycles. The normalized spacial score (nSPS) is 10.3. The lowest BCUT2D eigenvalue weighted by atomic mass is 10.2. The molecule has 2 heterocycles. The summed E-state index contributed by atoms with van der Waals surface area (Å²) in [6.07, 6.45) is 2.87. The molecule has 0 spiro atoms. The summed E-state index contributed by atoms with van der Waals surface area (Å²) >= 11 is 1.60. The standard InChI is InChI=1S/C12H10FNS/c1-8(2)11-3-4-12(15-11)9-5-10(13)7-14-6-9/h3-7H,1H2,2H3. The van der Waals surface area contributed by atoms with Gasteiger partial charge in [0.05, 0.1) is 6.20 Å². The molecule has 0 radical (unpaired) electrons. The van der Waals surface area contributed by atoms with Crippen LogP contribution in [0, 0.1) is 5.82 Å². The molecule has 2 aromatic heterocycles. The molecule has 0 aliphatic carbocycles. The SMILES string of the molecule is C=C(C)c1ccc(-c2cncc(F)c2)s1. The van der Waals surface area contributed by atoms with E-state index in [2.05, 4.69) is 11.6 Å². The lowest BCUT2D eigenvalue weighted by Crippen LogP contribution is -1.79. The highest BCUT2D eigenvalue weighted by Crippen LogP contribution is 2.30. The average Bonchev–Trinajstić information content (AvgIpc) is 2.66. The summed E-state index contributed by atoms with van der Waals surface area (Å²) in [7, 11) is 0. The smallest absolute Gasteiger partial charge is 0.142 e. The van der Waals surface area contributed by atoms with Crippen molar-refractivity contribution >= 4 is 16.9 Å². The second-order valence-electron chi connectivity index (χ2n) is 3.34. The number of pyridine rings is 1. The van der Waals surface area contributed by atoms with E-state index >= 15 is 0 Å². The lowest BCUT2D eigenvalue weighted by molar-refractivity contribution is 0.622. The van der Waals surface area contributed by atoms with Gasteiger partial charge in [0.2, 0.25) is 0 Å². The van der Waals surface area contributed by atoms with Gasteiger partial charge >= 0.3 is 0 Å². The maximum Gasteiger partial charge on any atom is 0.142 e. The van der Waals surface area contributed by atoms with Crippen LogP contribution in [0.2, 0.25) is 0 Å². The predicted molar refractivity (Wildman–Crippen MR) is 62.2 cm³/mol. The molecule has 0 N–H and O–H groups in total. The van der Waals surface area contributed by atoms with E-state index in [1.165, 1.54) is 12.3 Å². The van der Waals surface area contributed by atoms with Crippen LogP contribution in [0.3, 0.4) is 0 Å². The van der Waals surface area contributed by atoms with E-state index in [1.807, 2.05) is 19.1 Å². The molecule has 0 saturated carbocycles. The third-order valence-electron chi connectivity index (χ3n) is 2.02. The molecule has 2 rings (SSSR count). The number of aromatic nitrogens is 1. The van der Waals surface area contributed by atoms with Crippen LogP contribution in [-0.2, 0) is 0 Å². The minimum atomic E-state index is -0.308. The Morgan fingerprint density at radius 2 is 2.20 bits per heavy atom. The van der Waals surface area contributed by atoms with Crippen LogP contribution in [0.5, 0.6) is 0 Å². The van der Waals surface area contributed by atoms with Gasteiger partial charge in [-0.1, -0.05) is 6.58 Å². The van der Waals surface area contributed by atoms with Gasteiger partial charge in [-0.05, 0) is 30.7 Å². The molecule has 2 aromatic rings. The summed E-state index contributed by atoms with van der Waals surface area (Å²) in [6, 6.07) is 5.44. The Kier molecular flexibility index (Phi) is 2.64. The fraction of sp³-hybridized carbons (Fsp3) is 0.0833. The summed E-state index contributed by atoms with van der Waals surface area (Å²) in [4.78, 5) is 5.96. The molecule has 3 heteroatoms. The molecule has 1 nitrogen and oxygen atoms in total. The zero-order chi connectivity index (χ0) is 10.8. The first kappa shape index (κ1) is 10.1. The van der Waals surface area contributed by atoms with E-state index < -0.39 is 0 Å². The van der Waals surface area contributed by atoms with Crippen molar-refractivity contribution in [2.45, 2.75) is 6.92 Å². The van der Waals surface area contributed by atoms with Gasteiger partial charge < -0.3 is 0 Å². The van der Waals surface area contributed by atoms with E-state index in [4.69, 9.17) is 0 Å². The van der Waals surface area contributed by atoms with Crippen molar-refractivity contribution in [2.24, 2.45) is 0 Å². The zero-order valence-electron chi connectivity index (χ0n) is 8.33. The summed E-state index contributed by atoms with van der Waals surface area (Å²) in [5, 5.41) is 0. The number of hydrogen-bond donors (Lipinski definition) is 0. The Morgan fingerprint density at radius 3 is 2.80 bits per heavy atom. The highest BCUT2D eigenvalue weighted by Gasteiger charge is 2.04. The van der Waals surface area contributed by atoms with Crippen LogP contribution in [0.25, 0.3) is 16.0 Å². The number of hydrogen-bond acceptors (Lipinski definition) is 2. The van der Waals surface area contributed by atoms with E-state index in [0.717, 1.165) is 20.9 Å². The molecule has 0 fully saturated rings. The lowest BCUT2D eigenvalue weighted by Gasteiger charge is -1.96. The van der Waals surface area contributed by atoms with E-state index in [0.29, 0.717) is 0 Å². The molecule has 0 atom stereocenters. The molecule has 0 saturated heterocycles. The third-order valence-corrected chi connectivity index (χ3v) is 3.31. The van der Waals surface area contributed by atoms with Crippen molar-refractivity contribution in [3.8, 4) is 10.4 Å². The van der Waals surface area contributed by atoms with Gasteiger partial charge in [0.1, 0.15) is 5.82 Å². The number of thiophene rings is 1. The summed E-state index contributed by atoms with van der Waals surface area (Å²) < 4.78 is 12.9. The predicted octanol–water partition coefficient (Wildman–Crippen LogP) is 3.98. The van der Waals surface area contributed by atoms with Gasteiger partial charge in [0, 0.05) is 21.5 Å². The molecular weight excluding hydrogens is 209 g/mol. The van der Waals surface area contributed by atoms with Crippen LogP contribution >= 0.6 is 11.3 Å². The van der Waals surface area contributed by atoms with Crippen molar-refractivity contribution in [2.75, 3.05) is 0 Å². The van der Waals surface area contributed by atoms with Crippen LogP contribution in [0.4, 0.5) is 4.39 Å². The molecular formula is C12H10FNS. The quantitative estimate of drug-likeness (QED) is 0.744. The van der Waals surface area contributed by atoms with Crippen LogP contribution in [0.1, 0.15) is 11.8 Å². The largest absolute Gasteiger partial charge is 0.261 e. The first-order chi connectivity index (χ1) is 7.16. The van der Waals surface area contributed by atoms with Gasteiger partial charge in [0.15, 0.2) is 0 Å². The van der Waals surface area contributed by atoms with Gasteiger partial charge in [-0.3, -0.25) is 4.98 Å². The molecule has 15 heavy (non-hydrogen) atoms. The van der Waals surface area contributed by atoms with Crippen molar-refractivity contribution in [3.63, 3.8) is 0 Å². The average molecular weight is 219 g/mol. The summed E-state index contributed by atoms with van der Waals surface area (Å²) in [5.74, 6) is -0.308. The Hall–Kier alpha value is -1.48. The number of rotatable bonds is 2. The van der Waals surface area contributed by atoms with E-state index in [1.54, 1.807) is 17.5 Å². The van der Waals surface area contributed by atoms with Crippen LogP contribution < -0.4 is 0 Å². The zero-order valence-corrected chi connectivity index (χ0v) is 9.14. The highest BCUT2D eigenvalue weighted by molar-refractivity contribution is 7.16. The first-order valence-electron chi connectivity index (χ1n) is 4.53. The monoisotopic (exact) mass is 219 g/mol. The fourth-order valence-electron chi connectivity index (χ4n) is 1.27. The van der Waals surface area contributed by atoms with Crippen molar-refractivity contribution in [1.29, 1.82) is 0 Å². The molecule has 0 aliphatic rings. The molecule has 0 aromatic carbocycles. The Labute approximate surface area is 91.9 Å². The number of allylic oxidation sites excluding steroid dienone is 1. The van der Waals surface area contributed by atoms with Crippen LogP contribution in [-0.4, -0.2) is 4.98 Å². The first-order valence-corrected chi connectivity index (χ1v) is 5.35. The fourth-order valence-corrected chi connectivity index (χ4v) is 2.18. The summed E-state index contributed by atoms with van der Waals surface area (Å²) in [6.45, 7) is 5.83. The minimum absolute atomic E-state index is 0.308. The Balaban J connectivity index is 2.41. The van der Waals surface area contributed by atoms with Gasteiger partial charge in [-0.25, -0.2) is 4.39 Å². The molecule has 0 bridgehead atoms. The topological polar surface area (TPSA) is 12.9 Å². The van der Waals surface area contributed by atoms with Crippen LogP contribution in [0.15, 0.2) is 37.2 Å². The van der Waals surface area contributed by atoms with Crippen molar-refractivity contribution in [1.82, 2.24) is 4.98 Å². The second-order valence-corrected chi connectivity index (χ2v) is 4.42. The summed E-state index contributed by atoms with van der Waals surface area (Å²) in [5.41, 5.74) is 1.84. The number of halogens is 1. The highest BCUT2D eigenvalue weighted by atomic mass is 32.1. The molecule has 0 unspecified atom stereocenters. The van der Waals surface area contributed by atoms with Gasteiger partial charge in [-0.2, -0.15) is 0 Å². The minimum Gasteiger partial charge on any atom is -0.261 e. The van der Waals surface area contributed by atoms with E-state index in [-0.39, 0.29) is 5.82 Å². The van der Waals surface area contributed by atoms with E-state index in [9.17, 15) is 4.39 Å². The van der Waals surface area contributed by atoms with Gasteiger partial charge in [-0.15, -0.1) is 11.3 Å². The number of nitrogens with zero attached hydrogens (tertiary/aromatic N) is 1. The Bertz CT molecular complexity index is 502. The molecule has 76 valence electrons. The maximum atomic E-state index is 12.9. The third kappa shape index (κ3) is 2.13. The maximum absolute atomic E-state index is 12.9.